The number of anilines is 1. The number of aryl methyl sites for hydroxylation is 1. The molecule has 1 atom stereocenters. The van der Waals surface area contributed by atoms with E-state index >= 15 is 0 Å². The summed E-state index contributed by atoms with van der Waals surface area (Å²) in [7, 11) is 2.15. The lowest BCUT2D eigenvalue weighted by molar-refractivity contribution is -0.121. The number of rotatable bonds is 4. The molecule has 2 aliphatic rings. The van der Waals surface area contributed by atoms with Crippen molar-refractivity contribution >= 4 is 11.7 Å². The van der Waals surface area contributed by atoms with Crippen LogP contribution in [0.3, 0.4) is 0 Å². The number of nitrogens with one attached hydrogen (secondary N) is 2. The number of carbonyl (C=O) groups is 1. The van der Waals surface area contributed by atoms with Crippen LogP contribution in [0.5, 0.6) is 0 Å². The van der Waals surface area contributed by atoms with E-state index in [9.17, 15) is 4.79 Å². The van der Waals surface area contributed by atoms with Crippen LogP contribution in [0.25, 0.3) is 0 Å². The average Bonchev–Trinajstić information content (AvgIpc) is 2.78. The molecule has 0 bridgehead atoms. The van der Waals surface area contributed by atoms with Gasteiger partial charge in [-0.25, -0.2) is 4.68 Å². The van der Waals surface area contributed by atoms with E-state index in [4.69, 9.17) is 0 Å². The van der Waals surface area contributed by atoms with Gasteiger partial charge in [-0.2, -0.15) is 5.10 Å². The Labute approximate surface area is 132 Å². The standard InChI is InChI=1S/C16H27N5O/c1-11-8-15(18-16(22)12(2)13-9-17-10-13)21(19-11)14-4-6-20(3)7-5-14/h8,12-14,17H,4-7,9-10H2,1-3H3,(H,18,22). The number of piperidine rings is 1. The predicted molar refractivity (Wildman–Crippen MR) is 86.9 cm³/mol. The number of nitrogens with zero attached hydrogens (tertiary/aromatic N) is 3. The Hall–Kier alpha value is -1.40. The molecular weight excluding hydrogens is 278 g/mol. The van der Waals surface area contributed by atoms with Crippen molar-refractivity contribution in [3.05, 3.63) is 11.8 Å². The van der Waals surface area contributed by atoms with Crippen molar-refractivity contribution in [1.82, 2.24) is 20.0 Å². The summed E-state index contributed by atoms with van der Waals surface area (Å²) in [5.74, 6) is 1.47. The maximum atomic E-state index is 12.5. The molecule has 0 aliphatic carbocycles. The first-order valence-electron chi connectivity index (χ1n) is 8.31. The summed E-state index contributed by atoms with van der Waals surface area (Å²) < 4.78 is 2.03. The number of likely N-dealkylation sites (tertiary alicyclic amines) is 1. The van der Waals surface area contributed by atoms with E-state index in [0.717, 1.165) is 50.5 Å². The predicted octanol–water partition coefficient (Wildman–Crippen LogP) is 1.25. The van der Waals surface area contributed by atoms with E-state index in [1.54, 1.807) is 0 Å². The van der Waals surface area contributed by atoms with Crippen molar-refractivity contribution in [2.24, 2.45) is 11.8 Å². The second-order valence-electron chi connectivity index (χ2n) is 6.85. The smallest absolute Gasteiger partial charge is 0.228 e. The molecule has 1 amide bonds. The van der Waals surface area contributed by atoms with Crippen LogP contribution in [0.2, 0.25) is 0 Å². The first-order chi connectivity index (χ1) is 10.5. The monoisotopic (exact) mass is 305 g/mol. The van der Waals surface area contributed by atoms with Gasteiger partial charge in [0.05, 0.1) is 11.7 Å². The first kappa shape index (κ1) is 15.5. The molecule has 0 saturated carbocycles. The number of carbonyl (C=O) groups excluding carboxylic acids is 1. The van der Waals surface area contributed by atoms with Crippen LogP contribution < -0.4 is 10.6 Å². The summed E-state index contributed by atoms with van der Waals surface area (Å²) in [6.07, 6.45) is 2.17. The molecule has 1 aromatic heterocycles. The Bertz CT molecular complexity index is 529. The van der Waals surface area contributed by atoms with Crippen LogP contribution in [0.1, 0.15) is 31.5 Å². The quantitative estimate of drug-likeness (QED) is 0.879. The summed E-state index contributed by atoms with van der Waals surface area (Å²) in [5, 5.41) is 11.0. The van der Waals surface area contributed by atoms with Crippen LogP contribution in [0, 0.1) is 18.8 Å². The molecule has 122 valence electrons. The minimum absolute atomic E-state index is 0.0439. The summed E-state index contributed by atoms with van der Waals surface area (Å²) in [5.41, 5.74) is 0.965. The Balaban J connectivity index is 1.69. The van der Waals surface area contributed by atoms with E-state index in [-0.39, 0.29) is 11.8 Å². The molecule has 2 saturated heterocycles. The molecule has 1 unspecified atom stereocenters. The number of aromatic nitrogens is 2. The highest BCUT2D eigenvalue weighted by Gasteiger charge is 2.30. The van der Waals surface area contributed by atoms with Gasteiger partial charge in [0.15, 0.2) is 0 Å². The molecule has 6 heteroatoms. The highest BCUT2D eigenvalue weighted by atomic mass is 16.2. The minimum Gasteiger partial charge on any atom is -0.316 e. The maximum Gasteiger partial charge on any atom is 0.228 e. The highest BCUT2D eigenvalue weighted by Crippen LogP contribution is 2.26. The largest absolute Gasteiger partial charge is 0.316 e. The van der Waals surface area contributed by atoms with Crippen molar-refractivity contribution in [1.29, 1.82) is 0 Å². The van der Waals surface area contributed by atoms with E-state index in [1.165, 1.54) is 0 Å². The summed E-state index contributed by atoms with van der Waals surface area (Å²) in [6, 6.07) is 2.38. The highest BCUT2D eigenvalue weighted by molar-refractivity contribution is 5.91. The van der Waals surface area contributed by atoms with Gasteiger partial charge in [-0.3, -0.25) is 4.79 Å². The summed E-state index contributed by atoms with van der Waals surface area (Å²) in [6.45, 7) is 8.07. The third kappa shape index (κ3) is 3.17. The van der Waals surface area contributed by atoms with Gasteiger partial charge in [0.2, 0.25) is 5.91 Å². The zero-order chi connectivity index (χ0) is 15.7. The molecule has 3 rings (SSSR count). The topological polar surface area (TPSA) is 62.2 Å². The fourth-order valence-electron chi connectivity index (χ4n) is 3.25. The molecule has 2 aliphatic heterocycles. The second kappa shape index (κ2) is 6.38. The minimum atomic E-state index is 0.0439. The van der Waals surface area contributed by atoms with Gasteiger partial charge in [0.25, 0.3) is 0 Å². The fourth-order valence-corrected chi connectivity index (χ4v) is 3.25. The third-order valence-electron chi connectivity index (χ3n) is 5.08. The molecule has 6 nitrogen and oxygen atoms in total. The molecule has 2 N–H and O–H groups in total. The van der Waals surface area contributed by atoms with Crippen molar-refractivity contribution < 1.29 is 4.79 Å². The lowest BCUT2D eigenvalue weighted by Gasteiger charge is -2.32. The van der Waals surface area contributed by atoms with Crippen LogP contribution in [0.4, 0.5) is 5.82 Å². The van der Waals surface area contributed by atoms with Gasteiger partial charge in [-0.1, -0.05) is 6.92 Å². The van der Waals surface area contributed by atoms with E-state index < -0.39 is 0 Å². The molecule has 0 radical (unpaired) electrons. The Kier molecular flexibility index (Phi) is 4.49. The third-order valence-corrected chi connectivity index (χ3v) is 5.08. The summed E-state index contributed by atoms with van der Waals surface area (Å²) >= 11 is 0. The normalized spacial score (nSPS) is 22.3. The van der Waals surface area contributed by atoms with E-state index in [0.29, 0.717) is 12.0 Å². The Morgan fingerprint density at radius 2 is 2.09 bits per heavy atom. The number of hydrogen-bond acceptors (Lipinski definition) is 4. The van der Waals surface area contributed by atoms with Gasteiger partial charge in [-0.05, 0) is 58.9 Å². The molecule has 2 fully saturated rings. The van der Waals surface area contributed by atoms with Crippen LogP contribution >= 0.6 is 0 Å². The van der Waals surface area contributed by atoms with Gasteiger partial charge in [-0.15, -0.1) is 0 Å². The molecule has 0 spiro atoms. The van der Waals surface area contributed by atoms with Crippen molar-refractivity contribution in [2.45, 2.75) is 32.7 Å². The molecule has 0 aromatic carbocycles. The average molecular weight is 305 g/mol. The molecule has 1 aromatic rings. The zero-order valence-electron chi connectivity index (χ0n) is 13.8. The Morgan fingerprint density at radius 1 is 1.41 bits per heavy atom. The first-order valence-corrected chi connectivity index (χ1v) is 8.31. The molecule has 3 heterocycles. The van der Waals surface area contributed by atoms with Crippen molar-refractivity contribution in [2.75, 3.05) is 38.5 Å². The van der Waals surface area contributed by atoms with Gasteiger partial charge < -0.3 is 15.5 Å². The van der Waals surface area contributed by atoms with Crippen molar-refractivity contribution in [3.63, 3.8) is 0 Å². The molecular formula is C16H27N5O. The van der Waals surface area contributed by atoms with Crippen LogP contribution in [0.15, 0.2) is 6.07 Å². The molecule has 22 heavy (non-hydrogen) atoms. The fraction of sp³-hybridized carbons (Fsp3) is 0.750. The van der Waals surface area contributed by atoms with Gasteiger partial charge in [0, 0.05) is 12.0 Å². The maximum absolute atomic E-state index is 12.5. The van der Waals surface area contributed by atoms with Crippen LogP contribution in [-0.4, -0.2) is 53.8 Å². The lowest BCUT2D eigenvalue weighted by Crippen LogP contribution is -2.48. The zero-order valence-corrected chi connectivity index (χ0v) is 13.8. The van der Waals surface area contributed by atoms with Gasteiger partial charge in [0.1, 0.15) is 5.82 Å². The van der Waals surface area contributed by atoms with E-state index in [2.05, 4.69) is 27.7 Å². The Morgan fingerprint density at radius 3 is 2.68 bits per heavy atom. The SMILES string of the molecule is Cc1cc(NC(=O)C(C)C2CNC2)n(C2CCN(C)CC2)n1. The van der Waals surface area contributed by atoms with Crippen molar-refractivity contribution in [3.8, 4) is 0 Å². The lowest BCUT2D eigenvalue weighted by atomic mass is 9.88. The number of hydrogen-bond donors (Lipinski definition) is 2. The van der Waals surface area contributed by atoms with Crippen LogP contribution in [-0.2, 0) is 4.79 Å². The second-order valence-corrected chi connectivity index (χ2v) is 6.85. The number of amides is 1. The van der Waals surface area contributed by atoms with E-state index in [1.807, 2.05) is 24.6 Å². The summed E-state index contributed by atoms with van der Waals surface area (Å²) in [4.78, 5) is 14.8. The van der Waals surface area contributed by atoms with Gasteiger partial charge >= 0.3 is 0 Å².